The first-order valence-corrected chi connectivity index (χ1v) is 5.92. The topological polar surface area (TPSA) is 67.8 Å². The van der Waals surface area contributed by atoms with Crippen LogP contribution in [0.15, 0.2) is 23.4 Å². The summed E-state index contributed by atoms with van der Waals surface area (Å²) < 4.78 is 5.77. The van der Waals surface area contributed by atoms with E-state index in [1.165, 1.54) is 12.8 Å². The molecule has 1 aromatic carbocycles. The molecule has 1 fully saturated rings. The molecular weight excluding hydrogens is 216 g/mol. The predicted octanol–water partition coefficient (Wildman–Crippen LogP) is 2.27. The minimum absolute atomic E-state index is 0.0927. The fourth-order valence-corrected chi connectivity index (χ4v) is 1.83. The van der Waals surface area contributed by atoms with Crippen molar-refractivity contribution < 1.29 is 9.94 Å². The first kappa shape index (κ1) is 11.8. The molecule has 4 nitrogen and oxygen atoms in total. The van der Waals surface area contributed by atoms with E-state index >= 15 is 0 Å². The highest BCUT2D eigenvalue weighted by atomic mass is 16.5. The average molecular weight is 234 g/mol. The molecule has 0 spiro atoms. The number of para-hydroxylation sites is 1. The van der Waals surface area contributed by atoms with Crippen molar-refractivity contribution in [1.29, 1.82) is 0 Å². The Bertz CT molecular complexity index is 425. The Balaban J connectivity index is 2.11. The number of oxime groups is 1. The van der Waals surface area contributed by atoms with Gasteiger partial charge < -0.3 is 15.7 Å². The molecule has 0 aromatic heterocycles. The number of hydrogen-bond acceptors (Lipinski definition) is 3. The summed E-state index contributed by atoms with van der Waals surface area (Å²) in [6, 6.07) is 5.63. The van der Waals surface area contributed by atoms with Gasteiger partial charge in [-0.3, -0.25) is 0 Å². The van der Waals surface area contributed by atoms with Crippen LogP contribution in [-0.2, 0) is 0 Å². The lowest BCUT2D eigenvalue weighted by Crippen LogP contribution is -2.15. The molecule has 0 radical (unpaired) electrons. The Morgan fingerprint density at radius 1 is 1.53 bits per heavy atom. The molecule has 1 aliphatic carbocycles. The van der Waals surface area contributed by atoms with Crippen molar-refractivity contribution in [2.45, 2.75) is 26.2 Å². The molecule has 0 amide bonds. The van der Waals surface area contributed by atoms with Crippen LogP contribution in [0.25, 0.3) is 0 Å². The second kappa shape index (κ2) is 5.08. The monoisotopic (exact) mass is 234 g/mol. The number of benzene rings is 1. The summed E-state index contributed by atoms with van der Waals surface area (Å²) in [6.45, 7) is 2.65. The lowest BCUT2D eigenvalue weighted by atomic mass is 10.1. The quantitative estimate of drug-likeness (QED) is 0.355. The second-order valence-electron chi connectivity index (χ2n) is 4.52. The van der Waals surface area contributed by atoms with Crippen LogP contribution in [0.4, 0.5) is 0 Å². The van der Waals surface area contributed by atoms with Crippen LogP contribution in [0.3, 0.4) is 0 Å². The first-order valence-electron chi connectivity index (χ1n) is 5.92. The Labute approximate surface area is 101 Å². The average Bonchev–Trinajstić information content (AvgIpc) is 3.14. The molecule has 1 saturated carbocycles. The molecule has 0 saturated heterocycles. The summed E-state index contributed by atoms with van der Waals surface area (Å²) in [4.78, 5) is 0. The number of ether oxygens (including phenoxy) is 1. The molecule has 1 aromatic rings. The van der Waals surface area contributed by atoms with E-state index in [4.69, 9.17) is 15.7 Å². The zero-order chi connectivity index (χ0) is 12.3. The normalized spacial score (nSPS) is 15.9. The van der Waals surface area contributed by atoms with Gasteiger partial charge in [0, 0.05) is 0 Å². The van der Waals surface area contributed by atoms with Gasteiger partial charge in [0.05, 0.1) is 12.2 Å². The Hall–Kier alpha value is -1.71. The highest BCUT2D eigenvalue weighted by molar-refractivity contribution is 5.99. The van der Waals surface area contributed by atoms with Gasteiger partial charge in [-0.1, -0.05) is 30.1 Å². The number of amidine groups is 1. The van der Waals surface area contributed by atoms with E-state index in [0.717, 1.165) is 23.7 Å². The number of rotatable bonds is 5. The Kier molecular flexibility index (Phi) is 3.52. The van der Waals surface area contributed by atoms with Gasteiger partial charge in [-0.2, -0.15) is 0 Å². The van der Waals surface area contributed by atoms with Gasteiger partial charge in [-0.25, -0.2) is 0 Å². The maximum absolute atomic E-state index is 8.73. The smallest absolute Gasteiger partial charge is 0.173 e. The number of nitrogens with zero attached hydrogens (tertiary/aromatic N) is 1. The highest BCUT2D eigenvalue weighted by Gasteiger charge is 2.21. The van der Waals surface area contributed by atoms with Crippen LogP contribution in [0.2, 0.25) is 0 Å². The van der Waals surface area contributed by atoms with E-state index in [-0.39, 0.29) is 5.84 Å². The van der Waals surface area contributed by atoms with Gasteiger partial charge in [0.15, 0.2) is 5.84 Å². The number of aryl methyl sites for hydroxylation is 1. The van der Waals surface area contributed by atoms with Gasteiger partial charge in [-0.05, 0) is 30.9 Å². The van der Waals surface area contributed by atoms with E-state index in [1.807, 2.05) is 19.1 Å². The van der Waals surface area contributed by atoms with Crippen LogP contribution in [-0.4, -0.2) is 17.6 Å². The van der Waals surface area contributed by atoms with Crippen LogP contribution in [0.1, 0.15) is 30.4 Å². The van der Waals surface area contributed by atoms with Gasteiger partial charge in [0.25, 0.3) is 0 Å². The van der Waals surface area contributed by atoms with Gasteiger partial charge >= 0.3 is 0 Å². The molecule has 1 aliphatic rings. The fourth-order valence-electron chi connectivity index (χ4n) is 1.83. The second-order valence-corrected chi connectivity index (χ2v) is 4.52. The summed E-state index contributed by atoms with van der Waals surface area (Å²) in [5.74, 6) is 1.66. The van der Waals surface area contributed by atoms with Crippen LogP contribution in [0.5, 0.6) is 5.75 Å². The molecule has 17 heavy (non-hydrogen) atoms. The molecule has 0 aliphatic heterocycles. The van der Waals surface area contributed by atoms with E-state index in [2.05, 4.69) is 5.16 Å². The number of hydrogen-bond donors (Lipinski definition) is 2. The van der Waals surface area contributed by atoms with Crippen LogP contribution in [0, 0.1) is 12.8 Å². The first-order chi connectivity index (χ1) is 8.22. The summed E-state index contributed by atoms with van der Waals surface area (Å²) in [6.07, 6.45) is 3.73. The third kappa shape index (κ3) is 2.90. The van der Waals surface area contributed by atoms with Gasteiger partial charge in [0.2, 0.25) is 0 Å². The Morgan fingerprint density at radius 3 is 2.94 bits per heavy atom. The lowest BCUT2D eigenvalue weighted by Gasteiger charge is -2.13. The highest BCUT2D eigenvalue weighted by Crippen LogP contribution is 2.33. The van der Waals surface area contributed by atoms with Gasteiger partial charge in [-0.15, -0.1) is 0 Å². The third-order valence-electron chi connectivity index (χ3n) is 3.07. The largest absolute Gasteiger partial charge is 0.493 e. The molecule has 3 N–H and O–H groups in total. The van der Waals surface area contributed by atoms with E-state index in [0.29, 0.717) is 12.2 Å². The number of nitrogens with two attached hydrogens (primary N) is 1. The molecular formula is C13H18N2O2. The zero-order valence-electron chi connectivity index (χ0n) is 10.0. The maximum atomic E-state index is 8.73. The fraction of sp³-hybridized carbons (Fsp3) is 0.462. The van der Waals surface area contributed by atoms with Crippen molar-refractivity contribution in [2.75, 3.05) is 6.61 Å². The molecule has 0 unspecified atom stereocenters. The molecule has 92 valence electrons. The third-order valence-corrected chi connectivity index (χ3v) is 3.07. The van der Waals surface area contributed by atoms with Crippen molar-refractivity contribution in [3.8, 4) is 5.75 Å². The summed E-state index contributed by atoms with van der Waals surface area (Å²) in [5, 5.41) is 11.8. The molecule has 0 heterocycles. The molecule has 0 atom stereocenters. The predicted molar refractivity (Wildman–Crippen MR) is 66.5 cm³/mol. The van der Waals surface area contributed by atoms with Gasteiger partial charge in [0.1, 0.15) is 5.75 Å². The summed E-state index contributed by atoms with van der Waals surface area (Å²) in [7, 11) is 0. The van der Waals surface area contributed by atoms with E-state index in [9.17, 15) is 0 Å². The van der Waals surface area contributed by atoms with E-state index in [1.54, 1.807) is 6.07 Å². The Morgan fingerprint density at radius 2 is 2.29 bits per heavy atom. The SMILES string of the molecule is Cc1cccc(/C(N)=N/O)c1OCCC1CC1. The van der Waals surface area contributed by atoms with Crippen molar-refractivity contribution in [3.63, 3.8) is 0 Å². The summed E-state index contributed by atoms with van der Waals surface area (Å²) >= 11 is 0. The van der Waals surface area contributed by atoms with Crippen molar-refractivity contribution in [3.05, 3.63) is 29.3 Å². The van der Waals surface area contributed by atoms with Crippen LogP contribution >= 0.6 is 0 Å². The molecule has 0 bridgehead atoms. The summed E-state index contributed by atoms with van der Waals surface area (Å²) in [5.41, 5.74) is 7.29. The standard InChI is InChI=1S/C13H18N2O2/c1-9-3-2-4-11(13(14)15-16)12(9)17-8-7-10-5-6-10/h2-4,10,16H,5-8H2,1H3,(H2,14,15). The van der Waals surface area contributed by atoms with Crippen molar-refractivity contribution in [1.82, 2.24) is 0 Å². The zero-order valence-corrected chi connectivity index (χ0v) is 10.0. The molecule has 2 rings (SSSR count). The van der Waals surface area contributed by atoms with Crippen molar-refractivity contribution in [2.24, 2.45) is 16.8 Å². The minimum Gasteiger partial charge on any atom is -0.493 e. The van der Waals surface area contributed by atoms with Crippen LogP contribution < -0.4 is 10.5 Å². The minimum atomic E-state index is 0.0927. The lowest BCUT2D eigenvalue weighted by molar-refractivity contribution is 0.298. The maximum Gasteiger partial charge on any atom is 0.173 e. The molecule has 4 heteroatoms. The van der Waals surface area contributed by atoms with E-state index < -0.39 is 0 Å². The van der Waals surface area contributed by atoms with Crippen molar-refractivity contribution >= 4 is 5.84 Å².